The van der Waals surface area contributed by atoms with E-state index in [0.29, 0.717) is 0 Å². The molecule has 15 heavy (non-hydrogen) atoms. The summed E-state index contributed by atoms with van der Waals surface area (Å²) in [5.41, 5.74) is 2.52. The SMILES string of the molecule is C=CCCNCc1ccc2cc[nH]c2c1. The number of fused-ring (bicyclic) bond motifs is 1. The first-order valence-electron chi connectivity index (χ1n) is 5.28. The third-order valence-corrected chi connectivity index (χ3v) is 2.47. The van der Waals surface area contributed by atoms with Crippen molar-refractivity contribution >= 4 is 10.9 Å². The number of nitrogens with one attached hydrogen (secondary N) is 2. The molecule has 0 amide bonds. The fraction of sp³-hybridized carbons (Fsp3) is 0.231. The van der Waals surface area contributed by atoms with E-state index in [-0.39, 0.29) is 0 Å². The average molecular weight is 200 g/mol. The fourth-order valence-corrected chi connectivity index (χ4v) is 1.64. The maximum absolute atomic E-state index is 3.69. The summed E-state index contributed by atoms with van der Waals surface area (Å²) in [5, 5.41) is 4.64. The molecule has 1 aromatic carbocycles. The molecule has 1 aromatic heterocycles. The van der Waals surface area contributed by atoms with Crippen LogP contribution in [-0.2, 0) is 6.54 Å². The van der Waals surface area contributed by atoms with Gasteiger partial charge in [-0.25, -0.2) is 0 Å². The normalized spacial score (nSPS) is 10.7. The van der Waals surface area contributed by atoms with Crippen molar-refractivity contribution in [3.05, 3.63) is 48.7 Å². The average Bonchev–Trinajstić information content (AvgIpc) is 2.71. The molecule has 0 radical (unpaired) electrons. The zero-order valence-electron chi connectivity index (χ0n) is 8.79. The highest BCUT2D eigenvalue weighted by Gasteiger charge is 1.96. The van der Waals surface area contributed by atoms with Gasteiger partial charge in [-0.1, -0.05) is 18.2 Å². The first kappa shape index (κ1) is 9.99. The zero-order valence-corrected chi connectivity index (χ0v) is 8.79. The molecule has 2 rings (SSSR count). The van der Waals surface area contributed by atoms with Gasteiger partial charge in [0.2, 0.25) is 0 Å². The molecular formula is C13H16N2. The zero-order chi connectivity index (χ0) is 10.5. The highest BCUT2D eigenvalue weighted by atomic mass is 14.8. The molecule has 2 heteroatoms. The van der Waals surface area contributed by atoms with Gasteiger partial charge >= 0.3 is 0 Å². The molecule has 0 spiro atoms. The molecule has 2 N–H and O–H groups in total. The lowest BCUT2D eigenvalue weighted by Gasteiger charge is -2.03. The van der Waals surface area contributed by atoms with Crippen LogP contribution in [0.3, 0.4) is 0 Å². The highest BCUT2D eigenvalue weighted by molar-refractivity contribution is 5.79. The van der Waals surface area contributed by atoms with Gasteiger partial charge in [0.1, 0.15) is 0 Å². The van der Waals surface area contributed by atoms with E-state index < -0.39 is 0 Å². The third-order valence-electron chi connectivity index (χ3n) is 2.47. The van der Waals surface area contributed by atoms with Gasteiger partial charge in [-0.15, -0.1) is 6.58 Å². The maximum Gasteiger partial charge on any atom is 0.0457 e. The van der Waals surface area contributed by atoms with E-state index in [1.165, 1.54) is 16.5 Å². The number of hydrogen-bond acceptors (Lipinski definition) is 1. The standard InChI is InChI=1S/C13H16N2/c1-2-3-7-14-10-11-4-5-12-6-8-15-13(12)9-11/h2,4-6,8-9,14-15H,1,3,7,10H2. The van der Waals surface area contributed by atoms with Crippen molar-refractivity contribution in [1.29, 1.82) is 0 Å². The van der Waals surface area contributed by atoms with Gasteiger partial charge in [0.25, 0.3) is 0 Å². The van der Waals surface area contributed by atoms with Crippen molar-refractivity contribution in [2.24, 2.45) is 0 Å². The Hall–Kier alpha value is -1.54. The van der Waals surface area contributed by atoms with Crippen molar-refractivity contribution in [2.45, 2.75) is 13.0 Å². The van der Waals surface area contributed by atoms with Gasteiger partial charge in [0, 0.05) is 18.3 Å². The van der Waals surface area contributed by atoms with Gasteiger partial charge in [-0.3, -0.25) is 0 Å². The van der Waals surface area contributed by atoms with Crippen molar-refractivity contribution in [1.82, 2.24) is 10.3 Å². The predicted octanol–water partition coefficient (Wildman–Crippen LogP) is 2.83. The minimum Gasteiger partial charge on any atom is -0.361 e. The topological polar surface area (TPSA) is 27.8 Å². The third kappa shape index (κ3) is 2.48. The van der Waals surface area contributed by atoms with Crippen molar-refractivity contribution < 1.29 is 0 Å². The molecule has 2 aromatic rings. The van der Waals surface area contributed by atoms with Crippen molar-refractivity contribution in [3.8, 4) is 0 Å². The number of aromatic nitrogens is 1. The first-order valence-corrected chi connectivity index (χ1v) is 5.28. The second-order valence-corrected chi connectivity index (χ2v) is 3.65. The van der Waals surface area contributed by atoms with Crippen LogP contribution in [0.15, 0.2) is 43.1 Å². The van der Waals surface area contributed by atoms with Crippen LogP contribution in [0.4, 0.5) is 0 Å². The van der Waals surface area contributed by atoms with Gasteiger partial charge in [-0.05, 0) is 36.0 Å². The van der Waals surface area contributed by atoms with Gasteiger partial charge in [0.15, 0.2) is 0 Å². The monoisotopic (exact) mass is 200 g/mol. The van der Waals surface area contributed by atoms with Crippen LogP contribution in [0.2, 0.25) is 0 Å². The van der Waals surface area contributed by atoms with Crippen LogP contribution in [-0.4, -0.2) is 11.5 Å². The van der Waals surface area contributed by atoms with Crippen LogP contribution in [0, 0.1) is 0 Å². The molecule has 78 valence electrons. The molecule has 1 heterocycles. The summed E-state index contributed by atoms with van der Waals surface area (Å²) in [4.78, 5) is 3.22. The van der Waals surface area contributed by atoms with Gasteiger partial charge in [-0.2, -0.15) is 0 Å². The molecule has 0 aliphatic rings. The minimum absolute atomic E-state index is 0.919. The Morgan fingerprint density at radius 2 is 2.27 bits per heavy atom. The summed E-state index contributed by atoms with van der Waals surface area (Å²) in [5.74, 6) is 0. The molecule has 0 unspecified atom stereocenters. The lowest BCUT2D eigenvalue weighted by Crippen LogP contribution is -2.13. The van der Waals surface area contributed by atoms with Crippen LogP contribution >= 0.6 is 0 Å². The summed E-state index contributed by atoms with van der Waals surface area (Å²) in [6.45, 7) is 5.61. The van der Waals surface area contributed by atoms with E-state index in [9.17, 15) is 0 Å². The Balaban J connectivity index is 1.98. The smallest absolute Gasteiger partial charge is 0.0457 e. The van der Waals surface area contributed by atoms with Crippen molar-refractivity contribution in [3.63, 3.8) is 0 Å². The van der Waals surface area contributed by atoms with E-state index in [0.717, 1.165) is 19.5 Å². The summed E-state index contributed by atoms with van der Waals surface area (Å²) >= 11 is 0. The fourth-order valence-electron chi connectivity index (χ4n) is 1.64. The molecule has 0 aliphatic carbocycles. The van der Waals surface area contributed by atoms with Gasteiger partial charge in [0.05, 0.1) is 0 Å². The van der Waals surface area contributed by atoms with E-state index in [2.05, 4.69) is 41.1 Å². The Morgan fingerprint density at radius 1 is 1.33 bits per heavy atom. The van der Waals surface area contributed by atoms with Crippen molar-refractivity contribution in [2.75, 3.05) is 6.54 Å². The lowest BCUT2D eigenvalue weighted by atomic mass is 10.1. The maximum atomic E-state index is 3.69. The molecule has 2 nitrogen and oxygen atoms in total. The van der Waals surface area contributed by atoms with Crippen LogP contribution < -0.4 is 5.32 Å². The Bertz CT molecular complexity index is 442. The largest absolute Gasteiger partial charge is 0.361 e. The Morgan fingerprint density at radius 3 is 3.13 bits per heavy atom. The molecular weight excluding hydrogens is 184 g/mol. The number of hydrogen-bond donors (Lipinski definition) is 2. The second-order valence-electron chi connectivity index (χ2n) is 3.65. The Kier molecular flexibility index (Phi) is 3.20. The molecule has 0 bridgehead atoms. The van der Waals surface area contributed by atoms with E-state index >= 15 is 0 Å². The highest BCUT2D eigenvalue weighted by Crippen LogP contribution is 2.13. The number of aromatic amines is 1. The summed E-state index contributed by atoms with van der Waals surface area (Å²) < 4.78 is 0. The second kappa shape index (κ2) is 4.80. The number of rotatable bonds is 5. The van der Waals surface area contributed by atoms with Gasteiger partial charge < -0.3 is 10.3 Å². The van der Waals surface area contributed by atoms with E-state index in [4.69, 9.17) is 0 Å². The first-order chi connectivity index (χ1) is 7.40. The van der Waals surface area contributed by atoms with Crippen LogP contribution in [0.1, 0.15) is 12.0 Å². The summed E-state index contributed by atoms with van der Waals surface area (Å²) in [7, 11) is 0. The lowest BCUT2D eigenvalue weighted by molar-refractivity contribution is 0.696. The minimum atomic E-state index is 0.919. The Labute approximate surface area is 90.0 Å². The van der Waals surface area contributed by atoms with E-state index in [1.54, 1.807) is 0 Å². The molecule has 0 atom stereocenters. The molecule has 0 saturated heterocycles. The predicted molar refractivity (Wildman–Crippen MR) is 64.8 cm³/mol. The number of H-pyrrole nitrogens is 1. The number of benzene rings is 1. The quantitative estimate of drug-likeness (QED) is 0.563. The van der Waals surface area contributed by atoms with Crippen LogP contribution in [0.25, 0.3) is 10.9 Å². The summed E-state index contributed by atoms with van der Waals surface area (Å²) in [6.07, 6.45) is 4.92. The molecule has 0 saturated carbocycles. The summed E-state index contributed by atoms with van der Waals surface area (Å²) in [6, 6.07) is 8.59. The van der Waals surface area contributed by atoms with Crippen LogP contribution in [0.5, 0.6) is 0 Å². The molecule has 0 aliphatic heterocycles. The van der Waals surface area contributed by atoms with E-state index in [1.807, 2.05) is 12.3 Å². The molecule has 0 fully saturated rings.